The Labute approximate surface area is 122 Å². The Bertz CT molecular complexity index is 571. The van der Waals surface area contributed by atoms with Gasteiger partial charge in [0.25, 0.3) is 0 Å². The van der Waals surface area contributed by atoms with Crippen LogP contribution in [0.25, 0.3) is 0 Å². The van der Waals surface area contributed by atoms with E-state index in [2.05, 4.69) is 5.32 Å². The van der Waals surface area contributed by atoms with Crippen LogP contribution in [0.5, 0.6) is 0 Å². The van der Waals surface area contributed by atoms with Crippen LogP contribution in [0.3, 0.4) is 0 Å². The molecule has 0 radical (unpaired) electrons. The van der Waals surface area contributed by atoms with Crippen LogP contribution in [-0.4, -0.2) is 22.9 Å². The van der Waals surface area contributed by atoms with Crippen molar-refractivity contribution in [3.05, 3.63) is 29.8 Å². The summed E-state index contributed by atoms with van der Waals surface area (Å²) in [4.78, 5) is 34.6. The number of carbonyl (C=O) groups excluding carboxylic acids is 2. The minimum absolute atomic E-state index is 0.297. The summed E-state index contributed by atoms with van der Waals surface area (Å²) >= 11 is 0. The van der Waals surface area contributed by atoms with Crippen LogP contribution in [-0.2, 0) is 9.59 Å². The largest absolute Gasteiger partial charge is 0.481 e. The minimum Gasteiger partial charge on any atom is -0.481 e. The normalized spacial score (nSPS) is 21.5. The summed E-state index contributed by atoms with van der Waals surface area (Å²) in [6.07, 6.45) is 2.77. The summed E-state index contributed by atoms with van der Waals surface area (Å²) in [7, 11) is 0. The second kappa shape index (κ2) is 6.39. The predicted octanol–water partition coefficient (Wildman–Crippen LogP) is 1.61. The van der Waals surface area contributed by atoms with Gasteiger partial charge in [-0.2, -0.15) is 0 Å². The van der Waals surface area contributed by atoms with Crippen LogP contribution in [0.15, 0.2) is 24.3 Å². The van der Waals surface area contributed by atoms with Crippen molar-refractivity contribution in [2.75, 3.05) is 5.32 Å². The van der Waals surface area contributed by atoms with E-state index in [9.17, 15) is 19.5 Å². The minimum atomic E-state index is -0.930. The molecule has 1 aromatic carbocycles. The fourth-order valence-corrected chi connectivity index (χ4v) is 2.73. The van der Waals surface area contributed by atoms with E-state index in [1.807, 2.05) is 0 Å². The number of carboxylic acids is 1. The van der Waals surface area contributed by atoms with E-state index in [-0.39, 0.29) is 5.91 Å². The summed E-state index contributed by atoms with van der Waals surface area (Å²) in [6.45, 7) is 0. The van der Waals surface area contributed by atoms with Gasteiger partial charge < -0.3 is 16.2 Å². The molecule has 21 heavy (non-hydrogen) atoms. The molecule has 1 aromatic rings. The molecule has 0 saturated heterocycles. The average Bonchev–Trinajstić information content (AvgIpc) is 2.47. The summed E-state index contributed by atoms with van der Waals surface area (Å²) in [5, 5.41) is 11.9. The Balaban J connectivity index is 2.11. The van der Waals surface area contributed by atoms with Crippen LogP contribution in [0.2, 0.25) is 0 Å². The third-order valence-electron chi connectivity index (χ3n) is 3.83. The van der Waals surface area contributed by atoms with E-state index in [1.165, 1.54) is 6.07 Å². The standard InChI is InChI=1S/C15H18N2O4/c16-13(18)9-4-3-5-10(8-9)17-14(19)11-6-1-2-7-12(11)15(20)21/h3-5,8,11-12H,1-2,6-7H2,(H2,16,18)(H,17,19)(H,20,21)/t11-,12+/m1/s1. The molecule has 0 unspecified atom stereocenters. The number of carbonyl (C=O) groups is 3. The third-order valence-corrected chi connectivity index (χ3v) is 3.83. The first kappa shape index (κ1) is 15.0. The first-order valence-electron chi connectivity index (χ1n) is 6.92. The Kier molecular flexibility index (Phi) is 4.57. The highest BCUT2D eigenvalue weighted by Crippen LogP contribution is 2.31. The molecule has 1 fully saturated rings. The zero-order chi connectivity index (χ0) is 15.4. The lowest BCUT2D eigenvalue weighted by Crippen LogP contribution is -2.36. The maximum absolute atomic E-state index is 12.3. The summed E-state index contributed by atoms with van der Waals surface area (Å²) in [5.41, 5.74) is 5.94. The van der Waals surface area contributed by atoms with E-state index < -0.39 is 23.7 Å². The number of rotatable bonds is 4. The molecule has 0 bridgehead atoms. The van der Waals surface area contributed by atoms with Gasteiger partial charge in [-0.1, -0.05) is 18.9 Å². The molecular weight excluding hydrogens is 272 g/mol. The van der Waals surface area contributed by atoms with E-state index in [0.29, 0.717) is 24.1 Å². The van der Waals surface area contributed by atoms with Gasteiger partial charge in [-0.25, -0.2) is 0 Å². The van der Waals surface area contributed by atoms with Crippen molar-refractivity contribution in [3.8, 4) is 0 Å². The van der Waals surface area contributed by atoms with E-state index in [4.69, 9.17) is 5.73 Å². The van der Waals surface area contributed by atoms with E-state index in [1.54, 1.807) is 18.2 Å². The van der Waals surface area contributed by atoms with Gasteiger partial charge in [0, 0.05) is 11.3 Å². The van der Waals surface area contributed by atoms with Crippen molar-refractivity contribution in [2.24, 2.45) is 17.6 Å². The van der Waals surface area contributed by atoms with Crippen LogP contribution < -0.4 is 11.1 Å². The van der Waals surface area contributed by atoms with Crippen LogP contribution in [0.1, 0.15) is 36.0 Å². The molecule has 1 aliphatic carbocycles. The van der Waals surface area contributed by atoms with Crippen LogP contribution in [0.4, 0.5) is 5.69 Å². The number of nitrogens with two attached hydrogens (primary N) is 1. The number of carboxylic acid groups (broad SMARTS) is 1. The van der Waals surface area contributed by atoms with Crippen molar-refractivity contribution >= 4 is 23.5 Å². The van der Waals surface area contributed by atoms with Gasteiger partial charge >= 0.3 is 5.97 Å². The molecule has 0 heterocycles. The number of hydrogen-bond acceptors (Lipinski definition) is 3. The Morgan fingerprint density at radius 1 is 1.14 bits per heavy atom. The Hall–Kier alpha value is -2.37. The second-order valence-corrected chi connectivity index (χ2v) is 5.27. The Morgan fingerprint density at radius 2 is 1.81 bits per heavy atom. The van der Waals surface area contributed by atoms with Crippen molar-refractivity contribution < 1.29 is 19.5 Å². The first-order chi connectivity index (χ1) is 9.99. The number of anilines is 1. The SMILES string of the molecule is NC(=O)c1cccc(NC(=O)[C@@H]2CCCC[C@@H]2C(=O)O)c1. The summed E-state index contributed by atoms with van der Waals surface area (Å²) in [6, 6.07) is 6.30. The maximum Gasteiger partial charge on any atom is 0.307 e. The van der Waals surface area contributed by atoms with Crippen LogP contribution >= 0.6 is 0 Å². The Morgan fingerprint density at radius 3 is 2.43 bits per heavy atom. The lowest BCUT2D eigenvalue weighted by atomic mass is 9.78. The number of aliphatic carboxylic acids is 1. The van der Waals surface area contributed by atoms with Gasteiger partial charge in [-0.15, -0.1) is 0 Å². The van der Waals surface area contributed by atoms with E-state index in [0.717, 1.165) is 12.8 Å². The third kappa shape index (κ3) is 3.59. The molecule has 6 nitrogen and oxygen atoms in total. The summed E-state index contributed by atoms with van der Waals surface area (Å²) in [5.74, 6) is -3.00. The van der Waals surface area contributed by atoms with Crippen molar-refractivity contribution in [1.82, 2.24) is 0 Å². The average molecular weight is 290 g/mol. The highest BCUT2D eigenvalue weighted by Gasteiger charge is 2.35. The fourth-order valence-electron chi connectivity index (χ4n) is 2.73. The lowest BCUT2D eigenvalue weighted by molar-refractivity contribution is -0.147. The number of benzene rings is 1. The molecule has 4 N–H and O–H groups in total. The van der Waals surface area contributed by atoms with Gasteiger partial charge in [0.2, 0.25) is 11.8 Å². The monoisotopic (exact) mass is 290 g/mol. The molecular formula is C15H18N2O4. The van der Waals surface area contributed by atoms with Gasteiger partial charge in [-0.3, -0.25) is 14.4 Å². The fraction of sp³-hybridized carbons (Fsp3) is 0.400. The van der Waals surface area contributed by atoms with Crippen molar-refractivity contribution in [3.63, 3.8) is 0 Å². The molecule has 2 atom stereocenters. The highest BCUT2D eigenvalue weighted by molar-refractivity contribution is 5.98. The molecule has 1 saturated carbocycles. The molecule has 2 amide bonds. The first-order valence-corrected chi connectivity index (χ1v) is 6.92. The van der Waals surface area contributed by atoms with Crippen molar-refractivity contribution in [2.45, 2.75) is 25.7 Å². The number of amides is 2. The second-order valence-electron chi connectivity index (χ2n) is 5.27. The van der Waals surface area contributed by atoms with Crippen molar-refractivity contribution in [1.29, 1.82) is 0 Å². The maximum atomic E-state index is 12.3. The molecule has 0 aromatic heterocycles. The van der Waals surface area contributed by atoms with Gasteiger partial charge in [0.1, 0.15) is 0 Å². The quantitative estimate of drug-likeness (QED) is 0.782. The lowest BCUT2D eigenvalue weighted by Gasteiger charge is -2.27. The molecule has 1 aliphatic rings. The molecule has 2 rings (SSSR count). The van der Waals surface area contributed by atoms with Gasteiger partial charge in [0.05, 0.1) is 11.8 Å². The van der Waals surface area contributed by atoms with Crippen LogP contribution in [0, 0.1) is 11.8 Å². The van der Waals surface area contributed by atoms with Gasteiger partial charge in [0.15, 0.2) is 0 Å². The van der Waals surface area contributed by atoms with E-state index >= 15 is 0 Å². The zero-order valence-corrected chi connectivity index (χ0v) is 11.5. The number of nitrogens with one attached hydrogen (secondary N) is 1. The van der Waals surface area contributed by atoms with Gasteiger partial charge in [-0.05, 0) is 31.0 Å². The molecule has 0 spiro atoms. The predicted molar refractivity (Wildman–Crippen MR) is 76.7 cm³/mol. The summed E-state index contributed by atoms with van der Waals surface area (Å²) < 4.78 is 0. The smallest absolute Gasteiger partial charge is 0.307 e. The molecule has 0 aliphatic heterocycles. The number of primary amides is 1. The topological polar surface area (TPSA) is 109 Å². The molecule has 6 heteroatoms. The highest BCUT2D eigenvalue weighted by atomic mass is 16.4. The molecule has 112 valence electrons. The number of hydrogen-bond donors (Lipinski definition) is 3. The zero-order valence-electron chi connectivity index (χ0n) is 11.5.